The first kappa shape index (κ1) is 12.0. The van der Waals surface area contributed by atoms with Crippen molar-refractivity contribution in [2.45, 2.75) is 12.8 Å². The van der Waals surface area contributed by atoms with Crippen molar-refractivity contribution in [3.05, 3.63) is 23.8 Å². The average molecular weight is 256 g/mol. The van der Waals surface area contributed by atoms with Crippen molar-refractivity contribution in [3.8, 4) is 11.5 Å². The van der Waals surface area contributed by atoms with Gasteiger partial charge in [0.25, 0.3) is 5.91 Å². The van der Waals surface area contributed by atoms with Gasteiger partial charge in [-0.2, -0.15) is 0 Å². The molecule has 1 aromatic rings. The first-order valence-electron chi connectivity index (χ1n) is 5.42. The second-order valence-electron chi connectivity index (χ2n) is 4.52. The van der Waals surface area contributed by atoms with Gasteiger partial charge in [-0.15, -0.1) is 11.6 Å². The van der Waals surface area contributed by atoms with Crippen LogP contribution < -0.4 is 5.32 Å². The first-order valence-corrected chi connectivity index (χ1v) is 5.96. The highest BCUT2D eigenvalue weighted by Crippen LogP contribution is 2.45. The van der Waals surface area contributed by atoms with E-state index in [1.807, 2.05) is 0 Å². The molecule has 1 saturated carbocycles. The van der Waals surface area contributed by atoms with Crippen LogP contribution >= 0.6 is 11.6 Å². The number of phenolic OH excluding ortho intramolecular Hbond substituents is 2. The summed E-state index contributed by atoms with van der Waals surface area (Å²) in [5.41, 5.74) is 0.110. The van der Waals surface area contributed by atoms with E-state index in [1.54, 1.807) is 0 Å². The fraction of sp³-hybridized carbons (Fsp3) is 0.417. The number of hydrogen-bond acceptors (Lipinski definition) is 3. The Labute approximate surface area is 104 Å². The van der Waals surface area contributed by atoms with E-state index < -0.39 is 5.91 Å². The predicted octanol–water partition coefficient (Wildman–Crippen LogP) is 1.85. The van der Waals surface area contributed by atoms with Crippen LogP contribution in [0.25, 0.3) is 0 Å². The predicted molar refractivity (Wildman–Crippen MR) is 64.5 cm³/mol. The number of carbonyl (C=O) groups is 1. The fourth-order valence-electron chi connectivity index (χ4n) is 1.60. The maximum atomic E-state index is 11.8. The van der Waals surface area contributed by atoms with E-state index in [0.29, 0.717) is 12.4 Å². The Morgan fingerprint density at radius 3 is 2.71 bits per heavy atom. The number of halogens is 1. The zero-order chi connectivity index (χ0) is 12.5. The quantitative estimate of drug-likeness (QED) is 0.568. The van der Waals surface area contributed by atoms with Gasteiger partial charge < -0.3 is 15.5 Å². The Kier molecular flexibility index (Phi) is 3.15. The minimum atomic E-state index is -0.394. The van der Waals surface area contributed by atoms with Gasteiger partial charge in [0, 0.05) is 17.8 Å². The summed E-state index contributed by atoms with van der Waals surface area (Å²) in [5.74, 6) is -0.0588. The summed E-state index contributed by atoms with van der Waals surface area (Å²) in [6.07, 6.45) is 2.03. The molecule has 0 saturated heterocycles. The maximum absolute atomic E-state index is 11.8. The molecule has 0 atom stereocenters. The number of alkyl halides is 1. The topological polar surface area (TPSA) is 69.6 Å². The fourth-order valence-corrected chi connectivity index (χ4v) is 1.97. The molecule has 3 N–H and O–H groups in total. The molecule has 17 heavy (non-hydrogen) atoms. The molecule has 5 heteroatoms. The van der Waals surface area contributed by atoms with Crippen LogP contribution in [0.15, 0.2) is 18.2 Å². The molecule has 92 valence electrons. The summed E-state index contributed by atoms with van der Waals surface area (Å²) in [6, 6.07) is 3.86. The highest BCUT2D eigenvalue weighted by atomic mass is 35.5. The minimum absolute atomic E-state index is 0.0314. The van der Waals surface area contributed by atoms with Gasteiger partial charge in [-0.05, 0) is 31.0 Å². The molecule has 0 aliphatic heterocycles. The monoisotopic (exact) mass is 255 g/mol. The maximum Gasteiger partial charge on any atom is 0.255 e. The molecule has 1 aliphatic carbocycles. The lowest BCUT2D eigenvalue weighted by atomic mass is 10.1. The standard InChI is InChI=1S/C12H14ClNO3/c13-6-12(3-4-12)7-14-11(17)9-5-8(15)1-2-10(9)16/h1-2,5,15-16H,3-4,6-7H2,(H,14,17). The number of amides is 1. The molecule has 0 unspecified atom stereocenters. The van der Waals surface area contributed by atoms with Crippen molar-refractivity contribution in [1.82, 2.24) is 5.32 Å². The zero-order valence-electron chi connectivity index (χ0n) is 9.24. The normalized spacial score (nSPS) is 16.5. The Hall–Kier alpha value is -1.42. The van der Waals surface area contributed by atoms with E-state index >= 15 is 0 Å². The lowest BCUT2D eigenvalue weighted by molar-refractivity contribution is 0.0943. The van der Waals surface area contributed by atoms with Crippen LogP contribution in [-0.2, 0) is 0 Å². The van der Waals surface area contributed by atoms with Gasteiger partial charge >= 0.3 is 0 Å². The van der Waals surface area contributed by atoms with Crippen molar-refractivity contribution in [2.75, 3.05) is 12.4 Å². The third kappa shape index (κ3) is 2.64. The number of phenols is 2. The molecule has 4 nitrogen and oxygen atoms in total. The molecule has 0 radical (unpaired) electrons. The largest absolute Gasteiger partial charge is 0.508 e. The van der Waals surface area contributed by atoms with E-state index in [0.717, 1.165) is 12.8 Å². The van der Waals surface area contributed by atoms with Crippen LogP contribution in [0.5, 0.6) is 11.5 Å². The van der Waals surface area contributed by atoms with E-state index in [-0.39, 0.29) is 22.5 Å². The summed E-state index contributed by atoms with van der Waals surface area (Å²) in [7, 11) is 0. The van der Waals surface area contributed by atoms with E-state index in [9.17, 15) is 15.0 Å². The molecule has 1 fully saturated rings. The van der Waals surface area contributed by atoms with Crippen molar-refractivity contribution in [3.63, 3.8) is 0 Å². The van der Waals surface area contributed by atoms with Gasteiger partial charge in [-0.1, -0.05) is 0 Å². The molecule has 0 heterocycles. The van der Waals surface area contributed by atoms with Gasteiger partial charge in [0.1, 0.15) is 11.5 Å². The molecule has 1 aromatic carbocycles. The lowest BCUT2D eigenvalue weighted by Crippen LogP contribution is -2.31. The highest BCUT2D eigenvalue weighted by Gasteiger charge is 2.41. The summed E-state index contributed by atoms with van der Waals surface area (Å²) in [6.45, 7) is 0.504. The molecule has 2 rings (SSSR count). The van der Waals surface area contributed by atoms with Crippen LogP contribution in [0.2, 0.25) is 0 Å². The van der Waals surface area contributed by atoms with Crippen LogP contribution in [0, 0.1) is 5.41 Å². The molecular weight excluding hydrogens is 242 g/mol. The van der Waals surface area contributed by atoms with Gasteiger partial charge in [0.2, 0.25) is 0 Å². The van der Waals surface area contributed by atoms with Crippen molar-refractivity contribution in [1.29, 1.82) is 0 Å². The Bertz CT molecular complexity index is 443. The van der Waals surface area contributed by atoms with E-state index in [2.05, 4.69) is 5.32 Å². The van der Waals surface area contributed by atoms with Crippen molar-refractivity contribution in [2.24, 2.45) is 5.41 Å². The SMILES string of the molecule is O=C(NCC1(CCl)CC1)c1cc(O)ccc1O. The van der Waals surface area contributed by atoms with Crippen LogP contribution in [0.4, 0.5) is 0 Å². The summed E-state index contributed by atoms with van der Waals surface area (Å²) >= 11 is 5.80. The number of hydrogen-bond donors (Lipinski definition) is 3. The van der Waals surface area contributed by atoms with Crippen LogP contribution in [0.1, 0.15) is 23.2 Å². The third-order valence-corrected chi connectivity index (χ3v) is 3.66. The number of carbonyl (C=O) groups excluding carboxylic acids is 1. The zero-order valence-corrected chi connectivity index (χ0v) is 10.00. The minimum Gasteiger partial charge on any atom is -0.508 e. The molecule has 1 aliphatic rings. The number of rotatable bonds is 4. The van der Waals surface area contributed by atoms with Gasteiger partial charge in [0.15, 0.2) is 0 Å². The van der Waals surface area contributed by atoms with Crippen LogP contribution in [0.3, 0.4) is 0 Å². The second kappa shape index (κ2) is 4.45. The number of nitrogens with one attached hydrogen (secondary N) is 1. The van der Waals surface area contributed by atoms with Crippen molar-refractivity contribution >= 4 is 17.5 Å². The number of aromatic hydroxyl groups is 2. The van der Waals surface area contributed by atoms with E-state index in [4.69, 9.17) is 11.6 Å². The summed E-state index contributed by atoms with van der Waals surface area (Å²) < 4.78 is 0. The molecule has 1 amide bonds. The second-order valence-corrected chi connectivity index (χ2v) is 4.79. The summed E-state index contributed by atoms with van der Waals surface area (Å²) in [5, 5.41) is 21.5. The summed E-state index contributed by atoms with van der Waals surface area (Å²) in [4.78, 5) is 11.8. The molecule has 0 bridgehead atoms. The molecular formula is C12H14ClNO3. The van der Waals surface area contributed by atoms with Crippen LogP contribution in [-0.4, -0.2) is 28.5 Å². The Balaban J connectivity index is 2.02. The molecule has 0 aromatic heterocycles. The third-order valence-electron chi connectivity index (χ3n) is 3.09. The van der Waals surface area contributed by atoms with Gasteiger partial charge in [-0.25, -0.2) is 0 Å². The Morgan fingerprint density at radius 2 is 2.12 bits per heavy atom. The number of benzene rings is 1. The molecule has 0 spiro atoms. The smallest absolute Gasteiger partial charge is 0.255 e. The first-order chi connectivity index (χ1) is 8.06. The highest BCUT2D eigenvalue weighted by molar-refractivity contribution is 6.18. The Morgan fingerprint density at radius 1 is 1.41 bits per heavy atom. The van der Waals surface area contributed by atoms with E-state index in [1.165, 1.54) is 18.2 Å². The van der Waals surface area contributed by atoms with Crippen molar-refractivity contribution < 1.29 is 15.0 Å². The average Bonchev–Trinajstić information content (AvgIpc) is 3.10. The van der Waals surface area contributed by atoms with Gasteiger partial charge in [0.05, 0.1) is 5.56 Å². The lowest BCUT2D eigenvalue weighted by Gasteiger charge is -2.13. The van der Waals surface area contributed by atoms with Gasteiger partial charge in [-0.3, -0.25) is 4.79 Å².